The maximum absolute atomic E-state index is 5.88. The average Bonchev–Trinajstić information content (AvgIpc) is 2.25. The molecule has 4 heteroatoms. The van der Waals surface area contributed by atoms with Crippen LogP contribution in [0.3, 0.4) is 0 Å². The summed E-state index contributed by atoms with van der Waals surface area (Å²) < 4.78 is 5.67. The highest BCUT2D eigenvalue weighted by Crippen LogP contribution is 2.22. The maximum atomic E-state index is 5.88. The van der Waals surface area contributed by atoms with E-state index in [2.05, 4.69) is 4.90 Å². The van der Waals surface area contributed by atoms with E-state index in [0.29, 0.717) is 18.2 Å². The average molecular weight is 243 g/mol. The zero-order chi connectivity index (χ0) is 12.0. The normalized spacial score (nSPS) is 10.8. The van der Waals surface area contributed by atoms with Crippen LogP contribution in [0.5, 0.6) is 5.75 Å². The number of hydrogen-bond acceptors (Lipinski definition) is 3. The van der Waals surface area contributed by atoms with Crippen molar-refractivity contribution in [1.82, 2.24) is 4.90 Å². The van der Waals surface area contributed by atoms with Crippen molar-refractivity contribution in [1.29, 1.82) is 0 Å². The number of benzene rings is 1. The maximum Gasteiger partial charge on any atom is 0.123 e. The molecule has 0 bridgehead atoms. The summed E-state index contributed by atoms with van der Waals surface area (Å²) in [5.74, 6) is 0.839. The van der Waals surface area contributed by atoms with E-state index < -0.39 is 0 Å². The molecule has 1 rings (SSSR count). The minimum Gasteiger partial charge on any atom is -0.493 e. The van der Waals surface area contributed by atoms with Crippen molar-refractivity contribution in [3.05, 3.63) is 28.8 Å². The van der Waals surface area contributed by atoms with Crippen molar-refractivity contribution in [2.45, 2.75) is 13.0 Å². The van der Waals surface area contributed by atoms with E-state index in [1.54, 1.807) is 0 Å². The van der Waals surface area contributed by atoms with E-state index >= 15 is 0 Å². The third-order valence-corrected chi connectivity index (χ3v) is 2.48. The van der Waals surface area contributed by atoms with Crippen molar-refractivity contribution < 1.29 is 4.74 Å². The largest absolute Gasteiger partial charge is 0.493 e. The van der Waals surface area contributed by atoms with Gasteiger partial charge in [-0.05, 0) is 38.7 Å². The predicted molar refractivity (Wildman–Crippen MR) is 68.0 cm³/mol. The summed E-state index contributed by atoms with van der Waals surface area (Å²) in [5, 5.41) is 0.695. The molecule has 0 saturated heterocycles. The second-order valence-corrected chi connectivity index (χ2v) is 4.40. The molecule has 0 aliphatic heterocycles. The van der Waals surface area contributed by atoms with Crippen molar-refractivity contribution >= 4 is 11.6 Å². The first kappa shape index (κ1) is 13.3. The molecule has 0 heterocycles. The molecule has 90 valence electrons. The predicted octanol–water partition coefficient (Wildman–Crippen LogP) is 2.13. The van der Waals surface area contributed by atoms with Crippen molar-refractivity contribution in [2.75, 3.05) is 27.2 Å². The highest BCUT2D eigenvalue weighted by atomic mass is 35.5. The summed E-state index contributed by atoms with van der Waals surface area (Å²) in [5.41, 5.74) is 6.58. The van der Waals surface area contributed by atoms with E-state index in [4.69, 9.17) is 22.1 Å². The Hall–Kier alpha value is -0.770. The van der Waals surface area contributed by atoms with Gasteiger partial charge in [0.2, 0.25) is 0 Å². The second kappa shape index (κ2) is 6.74. The van der Waals surface area contributed by atoms with E-state index in [9.17, 15) is 0 Å². The lowest BCUT2D eigenvalue weighted by molar-refractivity contribution is 0.279. The molecule has 2 N–H and O–H groups in total. The third kappa shape index (κ3) is 4.39. The van der Waals surface area contributed by atoms with E-state index in [1.165, 1.54) is 0 Å². The number of nitrogens with zero attached hydrogens (tertiary/aromatic N) is 1. The van der Waals surface area contributed by atoms with Crippen molar-refractivity contribution in [3.63, 3.8) is 0 Å². The molecule has 0 aromatic heterocycles. The Kier molecular flexibility index (Phi) is 5.60. The lowest BCUT2D eigenvalue weighted by Gasteiger charge is -2.12. The summed E-state index contributed by atoms with van der Waals surface area (Å²) in [7, 11) is 4.10. The third-order valence-electron chi connectivity index (χ3n) is 2.25. The second-order valence-electron chi connectivity index (χ2n) is 3.96. The van der Waals surface area contributed by atoms with Gasteiger partial charge in [-0.15, -0.1) is 0 Å². The van der Waals surface area contributed by atoms with E-state index in [0.717, 1.165) is 24.3 Å². The summed E-state index contributed by atoms with van der Waals surface area (Å²) in [6.07, 6.45) is 1.000. The fourth-order valence-corrected chi connectivity index (χ4v) is 1.61. The number of rotatable bonds is 6. The van der Waals surface area contributed by atoms with Gasteiger partial charge in [0.25, 0.3) is 0 Å². The van der Waals surface area contributed by atoms with Gasteiger partial charge in [-0.1, -0.05) is 11.6 Å². The quantitative estimate of drug-likeness (QED) is 0.777. The Balaban J connectivity index is 2.47. The minimum absolute atomic E-state index is 0.448. The molecule has 0 aliphatic carbocycles. The fraction of sp³-hybridized carbons (Fsp3) is 0.500. The van der Waals surface area contributed by atoms with Crippen molar-refractivity contribution in [2.24, 2.45) is 5.73 Å². The lowest BCUT2D eigenvalue weighted by Crippen LogP contribution is -2.16. The number of halogens is 1. The summed E-state index contributed by atoms with van der Waals surface area (Å²) >= 11 is 5.88. The van der Waals surface area contributed by atoms with Gasteiger partial charge in [0, 0.05) is 23.7 Å². The van der Waals surface area contributed by atoms with Crippen LogP contribution in [0.25, 0.3) is 0 Å². The highest BCUT2D eigenvalue weighted by Gasteiger charge is 2.03. The molecule has 0 fully saturated rings. The molecule has 0 unspecified atom stereocenters. The van der Waals surface area contributed by atoms with Crippen LogP contribution in [0.1, 0.15) is 12.0 Å². The Morgan fingerprint density at radius 3 is 2.75 bits per heavy atom. The Morgan fingerprint density at radius 1 is 1.38 bits per heavy atom. The van der Waals surface area contributed by atoms with Gasteiger partial charge in [-0.3, -0.25) is 0 Å². The molecule has 1 aromatic rings. The van der Waals surface area contributed by atoms with Gasteiger partial charge in [0.15, 0.2) is 0 Å². The van der Waals surface area contributed by atoms with Gasteiger partial charge in [-0.25, -0.2) is 0 Å². The fourth-order valence-electron chi connectivity index (χ4n) is 1.41. The molecular formula is C12H19ClN2O. The standard InChI is InChI=1S/C12H19ClN2O/c1-15(2)6-3-7-16-12-5-4-11(13)8-10(12)9-14/h4-5,8H,3,6-7,9,14H2,1-2H3. The van der Waals surface area contributed by atoms with Crippen LogP contribution in [-0.4, -0.2) is 32.1 Å². The van der Waals surface area contributed by atoms with Crippen molar-refractivity contribution in [3.8, 4) is 5.75 Å². The lowest BCUT2D eigenvalue weighted by atomic mass is 10.2. The smallest absolute Gasteiger partial charge is 0.123 e. The molecule has 0 amide bonds. The highest BCUT2D eigenvalue weighted by molar-refractivity contribution is 6.30. The molecule has 1 aromatic carbocycles. The SMILES string of the molecule is CN(C)CCCOc1ccc(Cl)cc1CN. The van der Waals surface area contributed by atoms with Crippen LogP contribution in [0.2, 0.25) is 5.02 Å². The monoisotopic (exact) mass is 242 g/mol. The molecule has 16 heavy (non-hydrogen) atoms. The Labute approximate surface area is 102 Å². The van der Waals surface area contributed by atoms with Gasteiger partial charge in [0.1, 0.15) is 5.75 Å². The Morgan fingerprint density at radius 2 is 2.12 bits per heavy atom. The molecule has 0 spiro atoms. The molecule has 3 nitrogen and oxygen atoms in total. The summed E-state index contributed by atoms with van der Waals surface area (Å²) in [6.45, 7) is 2.17. The number of hydrogen-bond donors (Lipinski definition) is 1. The first-order chi connectivity index (χ1) is 7.63. The zero-order valence-electron chi connectivity index (χ0n) is 9.87. The van der Waals surface area contributed by atoms with Crippen LogP contribution in [0, 0.1) is 0 Å². The van der Waals surface area contributed by atoms with Gasteiger partial charge in [0.05, 0.1) is 6.61 Å². The van der Waals surface area contributed by atoms with Crippen LogP contribution < -0.4 is 10.5 Å². The number of nitrogens with two attached hydrogens (primary N) is 1. The van der Waals surface area contributed by atoms with Gasteiger partial charge in [-0.2, -0.15) is 0 Å². The first-order valence-corrected chi connectivity index (χ1v) is 5.77. The summed E-state index contributed by atoms with van der Waals surface area (Å²) in [6, 6.07) is 5.55. The Bertz CT molecular complexity index is 329. The van der Waals surface area contributed by atoms with E-state index in [1.807, 2.05) is 32.3 Å². The first-order valence-electron chi connectivity index (χ1n) is 5.39. The molecule has 0 saturated carbocycles. The van der Waals surface area contributed by atoms with Crippen LogP contribution in [0.15, 0.2) is 18.2 Å². The molecule has 0 aliphatic rings. The van der Waals surface area contributed by atoms with Gasteiger partial charge < -0.3 is 15.4 Å². The van der Waals surface area contributed by atoms with Crippen LogP contribution in [0.4, 0.5) is 0 Å². The van der Waals surface area contributed by atoms with Crippen LogP contribution >= 0.6 is 11.6 Å². The van der Waals surface area contributed by atoms with E-state index in [-0.39, 0.29) is 0 Å². The van der Waals surface area contributed by atoms with Gasteiger partial charge >= 0.3 is 0 Å². The topological polar surface area (TPSA) is 38.5 Å². The molecular weight excluding hydrogens is 224 g/mol. The summed E-state index contributed by atoms with van der Waals surface area (Å²) in [4.78, 5) is 2.13. The number of ether oxygens (including phenoxy) is 1. The van der Waals surface area contributed by atoms with Crippen LogP contribution in [-0.2, 0) is 6.54 Å². The zero-order valence-corrected chi connectivity index (χ0v) is 10.6. The molecule has 0 radical (unpaired) electrons. The molecule has 0 atom stereocenters. The minimum atomic E-state index is 0.448.